The third-order valence-corrected chi connectivity index (χ3v) is 4.28. The van der Waals surface area contributed by atoms with E-state index in [-0.39, 0.29) is 11.9 Å². The summed E-state index contributed by atoms with van der Waals surface area (Å²) in [6.45, 7) is 0. The smallest absolute Gasteiger partial charge is 0.251 e. The van der Waals surface area contributed by atoms with Gasteiger partial charge in [0, 0.05) is 5.56 Å². The summed E-state index contributed by atoms with van der Waals surface area (Å²) in [6.07, 6.45) is 9.05. The third-order valence-electron chi connectivity index (χ3n) is 4.28. The second-order valence-electron chi connectivity index (χ2n) is 6.13. The van der Waals surface area contributed by atoms with Crippen LogP contribution >= 0.6 is 0 Å². The molecule has 0 aromatic heterocycles. The van der Waals surface area contributed by atoms with Crippen LogP contribution in [-0.4, -0.2) is 11.9 Å². The summed E-state index contributed by atoms with van der Waals surface area (Å²) < 4.78 is 0. The second kappa shape index (κ2) is 8.12. The minimum atomic E-state index is -0.0383. The minimum absolute atomic E-state index is 0.0358. The Labute approximate surface area is 148 Å². The molecule has 0 saturated heterocycles. The Morgan fingerprint density at radius 2 is 1.84 bits per heavy atom. The standard InChI is InChI=1S/C22H20N2O/c23-16-19-13-10-17(11-14-19)9-12-18-5-4-8-21(15-18)24-22(25)20-6-2-1-3-7-20/h1-7,10-11,13-15,21H,8-9,12H2,(H,24,25). The summed E-state index contributed by atoms with van der Waals surface area (Å²) in [6, 6.07) is 19.2. The van der Waals surface area contributed by atoms with E-state index in [1.54, 1.807) is 0 Å². The van der Waals surface area contributed by atoms with Crippen LogP contribution in [0.3, 0.4) is 0 Å². The normalized spacial score (nSPS) is 16.0. The zero-order valence-electron chi connectivity index (χ0n) is 14.0. The highest BCUT2D eigenvalue weighted by atomic mass is 16.1. The van der Waals surface area contributed by atoms with E-state index in [4.69, 9.17) is 5.26 Å². The van der Waals surface area contributed by atoms with E-state index in [1.807, 2.05) is 54.6 Å². The van der Waals surface area contributed by atoms with E-state index in [9.17, 15) is 4.79 Å². The third kappa shape index (κ3) is 4.68. The van der Waals surface area contributed by atoms with E-state index in [0.717, 1.165) is 19.3 Å². The van der Waals surface area contributed by atoms with Crippen LogP contribution < -0.4 is 5.32 Å². The van der Waals surface area contributed by atoms with Crippen molar-refractivity contribution in [3.05, 3.63) is 95.1 Å². The first kappa shape index (κ1) is 16.7. The topological polar surface area (TPSA) is 52.9 Å². The summed E-state index contributed by atoms with van der Waals surface area (Å²) >= 11 is 0. The molecule has 0 radical (unpaired) electrons. The average molecular weight is 328 g/mol. The van der Waals surface area contributed by atoms with Crippen molar-refractivity contribution < 1.29 is 4.79 Å². The molecule has 1 N–H and O–H groups in total. The van der Waals surface area contributed by atoms with Gasteiger partial charge in [0.2, 0.25) is 0 Å². The first-order chi connectivity index (χ1) is 12.2. The lowest BCUT2D eigenvalue weighted by Crippen LogP contribution is -2.34. The maximum Gasteiger partial charge on any atom is 0.251 e. The summed E-state index contributed by atoms with van der Waals surface area (Å²) in [5.41, 5.74) is 3.81. The van der Waals surface area contributed by atoms with Crippen LogP contribution in [0.1, 0.15) is 34.3 Å². The highest BCUT2D eigenvalue weighted by Crippen LogP contribution is 2.17. The molecule has 1 aliphatic carbocycles. The molecular weight excluding hydrogens is 308 g/mol. The fourth-order valence-electron chi connectivity index (χ4n) is 2.89. The van der Waals surface area contributed by atoms with E-state index >= 15 is 0 Å². The Bertz CT molecular complexity index is 827. The van der Waals surface area contributed by atoms with Crippen LogP contribution in [0.4, 0.5) is 0 Å². The van der Waals surface area contributed by atoms with Gasteiger partial charge >= 0.3 is 0 Å². The molecule has 124 valence electrons. The number of amides is 1. The predicted octanol–water partition coefficient (Wildman–Crippen LogP) is 4.18. The number of hydrogen-bond acceptors (Lipinski definition) is 2. The lowest BCUT2D eigenvalue weighted by atomic mass is 9.96. The number of carbonyl (C=O) groups is 1. The van der Waals surface area contributed by atoms with Crippen molar-refractivity contribution in [2.75, 3.05) is 0 Å². The van der Waals surface area contributed by atoms with Crippen LogP contribution in [-0.2, 0) is 6.42 Å². The number of nitrogens with one attached hydrogen (secondary N) is 1. The maximum atomic E-state index is 12.3. The number of aryl methyl sites for hydroxylation is 1. The van der Waals surface area contributed by atoms with Gasteiger partial charge in [0.25, 0.3) is 5.91 Å². The fraction of sp³-hybridized carbons (Fsp3) is 0.182. The molecule has 1 amide bonds. The molecule has 25 heavy (non-hydrogen) atoms. The highest BCUT2D eigenvalue weighted by molar-refractivity contribution is 5.94. The summed E-state index contributed by atoms with van der Waals surface area (Å²) in [5, 5.41) is 11.9. The van der Waals surface area contributed by atoms with Gasteiger partial charge in [-0.2, -0.15) is 5.26 Å². The van der Waals surface area contributed by atoms with Gasteiger partial charge in [0.05, 0.1) is 17.7 Å². The van der Waals surface area contributed by atoms with Crippen LogP contribution in [0.15, 0.2) is 78.4 Å². The first-order valence-electron chi connectivity index (χ1n) is 8.47. The van der Waals surface area contributed by atoms with Crippen molar-refractivity contribution in [3.8, 4) is 6.07 Å². The number of hydrogen-bond donors (Lipinski definition) is 1. The molecule has 0 saturated carbocycles. The Kier molecular flexibility index (Phi) is 5.43. The number of nitriles is 1. The van der Waals surface area contributed by atoms with Crippen LogP contribution in [0, 0.1) is 11.3 Å². The molecule has 3 nitrogen and oxygen atoms in total. The summed E-state index contributed by atoms with van der Waals surface area (Å²) in [7, 11) is 0. The van der Waals surface area contributed by atoms with Gasteiger partial charge in [-0.15, -0.1) is 0 Å². The number of nitrogens with zero attached hydrogens (tertiary/aromatic N) is 1. The molecule has 1 unspecified atom stereocenters. The van der Waals surface area contributed by atoms with Gasteiger partial charge in [-0.3, -0.25) is 4.79 Å². The predicted molar refractivity (Wildman–Crippen MR) is 99.0 cm³/mol. The van der Waals surface area contributed by atoms with Gasteiger partial charge in [-0.05, 0) is 54.7 Å². The van der Waals surface area contributed by atoms with Crippen LogP contribution in [0.25, 0.3) is 0 Å². The monoisotopic (exact) mass is 328 g/mol. The molecular formula is C22H20N2O. The average Bonchev–Trinajstić information content (AvgIpc) is 2.68. The highest BCUT2D eigenvalue weighted by Gasteiger charge is 2.13. The lowest BCUT2D eigenvalue weighted by Gasteiger charge is -2.18. The van der Waals surface area contributed by atoms with Crippen molar-refractivity contribution in [1.29, 1.82) is 5.26 Å². The zero-order chi connectivity index (χ0) is 17.5. The van der Waals surface area contributed by atoms with Gasteiger partial charge in [-0.25, -0.2) is 0 Å². The molecule has 0 aliphatic heterocycles. The van der Waals surface area contributed by atoms with E-state index in [0.29, 0.717) is 11.1 Å². The van der Waals surface area contributed by atoms with Crippen LogP contribution in [0.2, 0.25) is 0 Å². The molecule has 3 rings (SSSR count). The molecule has 0 fully saturated rings. The number of benzene rings is 2. The second-order valence-corrected chi connectivity index (χ2v) is 6.13. The first-order valence-corrected chi connectivity index (χ1v) is 8.47. The SMILES string of the molecule is N#Cc1ccc(CCC2=CC(NC(=O)c3ccccc3)CC=C2)cc1. The minimum Gasteiger partial charge on any atom is -0.346 e. The molecule has 0 bridgehead atoms. The molecule has 0 spiro atoms. The van der Waals surface area contributed by atoms with Gasteiger partial charge in [0.15, 0.2) is 0 Å². The van der Waals surface area contributed by atoms with Gasteiger partial charge in [-0.1, -0.05) is 48.6 Å². The van der Waals surface area contributed by atoms with Gasteiger partial charge in [0.1, 0.15) is 0 Å². The summed E-state index contributed by atoms with van der Waals surface area (Å²) in [4.78, 5) is 12.3. The van der Waals surface area contributed by atoms with E-state index < -0.39 is 0 Å². The maximum absolute atomic E-state index is 12.3. The fourth-order valence-corrected chi connectivity index (χ4v) is 2.89. The van der Waals surface area contributed by atoms with E-state index in [2.05, 4.69) is 29.6 Å². The Hall–Kier alpha value is -3.12. The zero-order valence-corrected chi connectivity index (χ0v) is 14.0. The van der Waals surface area contributed by atoms with Crippen molar-refractivity contribution in [3.63, 3.8) is 0 Å². The Morgan fingerprint density at radius 1 is 1.08 bits per heavy atom. The summed E-state index contributed by atoms with van der Waals surface area (Å²) in [5.74, 6) is -0.0383. The number of allylic oxidation sites excluding steroid dienone is 2. The number of carbonyl (C=O) groups excluding carboxylic acids is 1. The number of rotatable bonds is 5. The van der Waals surface area contributed by atoms with Crippen LogP contribution in [0.5, 0.6) is 0 Å². The quantitative estimate of drug-likeness (QED) is 0.895. The van der Waals surface area contributed by atoms with Crippen molar-refractivity contribution in [1.82, 2.24) is 5.32 Å². The van der Waals surface area contributed by atoms with Crippen molar-refractivity contribution >= 4 is 5.91 Å². The van der Waals surface area contributed by atoms with Gasteiger partial charge < -0.3 is 5.32 Å². The molecule has 2 aromatic rings. The Balaban J connectivity index is 1.57. The molecule has 0 heterocycles. The largest absolute Gasteiger partial charge is 0.346 e. The molecule has 1 atom stereocenters. The van der Waals surface area contributed by atoms with Crippen molar-refractivity contribution in [2.45, 2.75) is 25.3 Å². The Morgan fingerprint density at radius 3 is 2.56 bits per heavy atom. The molecule has 3 heteroatoms. The molecule has 1 aliphatic rings. The van der Waals surface area contributed by atoms with E-state index in [1.165, 1.54) is 11.1 Å². The van der Waals surface area contributed by atoms with Crippen molar-refractivity contribution in [2.24, 2.45) is 0 Å². The molecule has 2 aromatic carbocycles. The lowest BCUT2D eigenvalue weighted by molar-refractivity contribution is 0.0944.